The van der Waals surface area contributed by atoms with E-state index in [-0.39, 0.29) is 10.6 Å². The first kappa shape index (κ1) is 18.1. The van der Waals surface area contributed by atoms with Gasteiger partial charge in [-0.15, -0.1) is 11.3 Å². The number of benzene rings is 1. The average molecular weight is 380 g/mol. The Morgan fingerprint density at radius 2 is 1.88 bits per heavy atom. The van der Waals surface area contributed by atoms with E-state index in [9.17, 15) is 13.2 Å². The largest absolute Gasteiger partial charge is 0.481 e. The molecular formula is C18H21NO4S2. The minimum Gasteiger partial charge on any atom is -0.481 e. The van der Waals surface area contributed by atoms with E-state index in [0.717, 1.165) is 36.2 Å². The van der Waals surface area contributed by atoms with Gasteiger partial charge in [0.15, 0.2) is 0 Å². The Morgan fingerprint density at radius 3 is 2.48 bits per heavy atom. The van der Waals surface area contributed by atoms with E-state index >= 15 is 0 Å². The quantitative estimate of drug-likeness (QED) is 0.763. The summed E-state index contributed by atoms with van der Waals surface area (Å²) in [6, 6.07) is 12.7. The van der Waals surface area contributed by atoms with Crippen molar-refractivity contribution in [1.29, 1.82) is 0 Å². The van der Waals surface area contributed by atoms with Crippen molar-refractivity contribution >= 4 is 27.3 Å². The molecular weight excluding hydrogens is 358 g/mol. The highest BCUT2D eigenvalue weighted by Gasteiger charge is 2.30. The zero-order chi connectivity index (χ0) is 17.9. The molecule has 1 N–H and O–H groups in total. The van der Waals surface area contributed by atoms with Crippen LogP contribution in [0.1, 0.15) is 29.7 Å². The van der Waals surface area contributed by atoms with Gasteiger partial charge in [-0.25, -0.2) is 8.42 Å². The van der Waals surface area contributed by atoms with E-state index in [0.29, 0.717) is 23.9 Å². The fourth-order valence-electron chi connectivity index (χ4n) is 2.87. The van der Waals surface area contributed by atoms with Crippen LogP contribution in [0.5, 0.6) is 0 Å². The number of thiophene rings is 1. The fourth-order valence-corrected chi connectivity index (χ4v) is 5.87. The molecule has 7 heteroatoms. The number of sulfonamides is 1. The van der Waals surface area contributed by atoms with E-state index in [4.69, 9.17) is 5.11 Å². The van der Waals surface area contributed by atoms with Gasteiger partial charge in [-0.05, 0) is 36.5 Å². The topological polar surface area (TPSA) is 74.7 Å². The van der Waals surface area contributed by atoms with Crippen molar-refractivity contribution in [3.63, 3.8) is 0 Å². The first-order chi connectivity index (χ1) is 11.9. The Kier molecular flexibility index (Phi) is 5.56. The van der Waals surface area contributed by atoms with E-state index in [1.807, 2.05) is 30.3 Å². The number of aliphatic carboxylic acids is 1. The highest BCUT2D eigenvalue weighted by molar-refractivity contribution is 7.91. The Morgan fingerprint density at radius 1 is 1.16 bits per heavy atom. The lowest BCUT2D eigenvalue weighted by Gasteiger charge is -2.31. The molecule has 5 nitrogen and oxygen atoms in total. The van der Waals surface area contributed by atoms with Gasteiger partial charge in [0, 0.05) is 18.0 Å². The highest BCUT2D eigenvalue weighted by Crippen LogP contribution is 2.32. The first-order valence-electron chi connectivity index (χ1n) is 8.30. The van der Waals surface area contributed by atoms with Gasteiger partial charge in [-0.3, -0.25) is 4.79 Å². The van der Waals surface area contributed by atoms with Gasteiger partial charge in [0.2, 0.25) is 0 Å². The molecule has 1 aliphatic carbocycles. The normalized spacial score (nSPS) is 15.2. The summed E-state index contributed by atoms with van der Waals surface area (Å²) in [5.74, 6) is -0.543. The van der Waals surface area contributed by atoms with Crippen LogP contribution in [0.25, 0.3) is 0 Å². The maximum absolute atomic E-state index is 13.1. The molecule has 1 aromatic heterocycles. The number of carbonyl (C=O) groups is 1. The van der Waals surface area contributed by atoms with Crippen molar-refractivity contribution in [3.8, 4) is 0 Å². The predicted molar refractivity (Wildman–Crippen MR) is 97.0 cm³/mol. The molecule has 1 fully saturated rings. The monoisotopic (exact) mass is 379 g/mol. The highest BCUT2D eigenvalue weighted by atomic mass is 32.2. The lowest BCUT2D eigenvalue weighted by Crippen LogP contribution is -2.36. The van der Waals surface area contributed by atoms with E-state index in [1.54, 1.807) is 10.4 Å². The average Bonchev–Trinajstić information content (AvgIpc) is 2.99. The van der Waals surface area contributed by atoms with Gasteiger partial charge in [-0.2, -0.15) is 4.31 Å². The van der Waals surface area contributed by atoms with Crippen molar-refractivity contribution < 1.29 is 18.3 Å². The van der Waals surface area contributed by atoms with Crippen molar-refractivity contribution in [1.82, 2.24) is 4.31 Å². The van der Waals surface area contributed by atoms with E-state index in [2.05, 4.69) is 0 Å². The van der Waals surface area contributed by atoms with E-state index < -0.39 is 16.0 Å². The Bertz CT molecular complexity index is 826. The van der Waals surface area contributed by atoms with Crippen molar-refractivity contribution in [2.45, 2.75) is 36.4 Å². The molecule has 134 valence electrons. The SMILES string of the molecule is O=C(O)Cc1ccc(S(=O)(=O)N(Cc2ccccc2)CC2CCC2)s1. The zero-order valence-electron chi connectivity index (χ0n) is 13.8. The third-order valence-electron chi connectivity index (χ3n) is 4.44. The molecule has 0 bridgehead atoms. The van der Waals surface area contributed by atoms with Crippen molar-refractivity contribution in [3.05, 3.63) is 52.9 Å². The standard InChI is InChI=1S/C18H21NO4S2/c20-17(21)11-16-9-10-18(24-16)25(22,23)19(13-15-7-4-8-15)12-14-5-2-1-3-6-14/h1-3,5-6,9-10,15H,4,7-8,11-13H2,(H,20,21). The molecule has 1 aromatic carbocycles. The summed E-state index contributed by atoms with van der Waals surface area (Å²) < 4.78 is 28.0. The molecule has 0 saturated heterocycles. The lowest BCUT2D eigenvalue weighted by atomic mass is 9.85. The number of rotatable bonds is 8. The van der Waals surface area contributed by atoms with Gasteiger partial charge in [0.25, 0.3) is 10.0 Å². The van der Waals surface area contributed by atoms with Crippen LogP contribution in [0.15, 0.2) is 46.7 Å². The molecule has 1 aliphatic rings. The summed E-state index contributed by atoms with van der Waals surface area (Å²) in [6.07, 6.45) is 3.14. The summed E-state index contributed by atoms with van der Waals surface area (Å²) in [6.45, 7) is 0.856. The van der Waals surface area contributed by atoms with Crippen LogP contribution in [0.2, 0.25) is 0 Å². The molecule has 2 aromatic rings. The van der Waals surface area contributed by atoms with Crippen LogP contribution in [-0.2, 0) is 27.8 Å². The molecule has 0 unspecified atom stereocenters. The Labute approximate surface area is 152 Å². The summed E-state index contributed by atoms with van der Waals surface area (Å²) in [5.41, 5.74) is 0.952. The molecule has 1 heterocycles. The summed E-state index contributed by atoms with van der Waals surface area (Å²) >= 11 is 1.05. The van der Waals surface area contributed by atoms with Gasteiger partial charge in [0.05, 0.1) is 6.42 Å². The maximum Gasteiger partial charge on any atom is 0.308 e. The molecule has 0 spiro atoms. The number of nitrogens with zero attached hydrogens (tertiary/aromatic N) is 1. The van der Waals surface area contributed by atoms with Gasteiger partial charge in [-0.1, -0.05) is 36.8 Å². The predicted octanol–water partition coefficient (Wildman–Crippen LogP) is 3.37. The minimum absolute atomic E-state index is 0.151. The van der Waals surface area contributed by atoms with Gasteiger partial charge >= 0.3 is 5.97 Å². The maximum atomic E-state index is 13.1. The molecule has 25 heavy (non-hydrogen) atoms. The van der Waals surface area contributed by atoms with Crippen LogP contribution in [0.3, 0.4) is 0 Å². The van der Waals surface area contributed by atoms with E-state index in [1.165, 1.54) is 6.07 Å². The van der Waals surface area contributed by atoms with Crippen LogP contribution in [0.4, 0.5) is 0 Å². The molecule has 3 rings (SSSR count). The number of hydrogen-bond donors (Lipinski definition) is 1. The number of hydrogen-bond acceptors (Lipinski definition) is 4. The Balaban J connectivity index is 1.84. The molecule has 0 radical (unpaired) electrons. The minimum atomic E-state index is -3.63. The second-order valence-electron chi connectivity index (χ2n) is 6.37. The van der Waals surface area contributed by atoms with Crippen LogP contribution in [0, 0.1) is 5.92 Å². The van der Waals surface area contributed by atoms with Crippen LogP contribution < -0.4 is 0 Å². The fraction of sp³-hybridized carbons (Fsp3) is 0.389. The summed E-state index contributed by atoms with van der Waals surface area (Å²) in [4.78, 5) is 11.4. The molecule has 0 aliphatic heterocycles. The lowest BCUT2D eigenvalue weighted by molar-refractivity contribution is -0.136. The first-order valence-corrected chi connectivity index (χ1v) is 10.6. The van der Waals surface area contributed by atoms with Gasteiger partial charge in [0.1, 0.15) is 4.21 Å². The second kappa shape index (κ2) is 7.68. The zero-order valence-corrected chi connectivity index (χ0v) is 15.4. The molecule has 0 atom stereocenters. The van der Waals surface area contributed by atoms with Gasteiger partial charge < -0.3 is 5.11 Å². The third kappa shape index (κ3) is 4.48. The van der Waals surface area contributed by atoms with Crippen molar-refractivity contribution in [2.24, 2.45) is 5.92 Å². The molecule has 0 amide bonds. The number of carboxylic acid groups (broad SMARTS) is 1. The summed E-state index contributed by atoms with van der Waals surface area (Å²) in [7, 11) is -3.63. The summed E-state index contributed by atoms with van der Waals surface area (Å²) in [5, 5.41) is 8.89. The molecule has 1 saturated carbocycles. The number of carboxylic acids is 1. The third-order valence-corrected chi connectivity index (χ3v) is 7.81. The second-order valence-corrected chi connectivity index (χ2v) is 9.70. The van der Waals surface area contributed by atoms with Crippen LogP contribution in [-0.4, -0.2) is 30.3 Å². The van der Waals surface area contributed by atoms with Crippen LogP contribution >= 0.6 is 11.3 Å². The Hall–Kier alpha value is -1.70. The smallest absolute Gasteiger partial charge is 0.308 e. The van der Waals surface area contributed by atoms with Crippen molar-refractivity contribution in [2.75, 3.05) is 6.54 Å².